The fraction of sp³-hybridized carbons (Fsp3) is 0.612. The van der Waals surface area contributed by atoms with E-state index >= 15 is 0 Å². The number of aliphatic hydroxyl groups excluding tert-OH is 2. The van der Waals surface area contributed by atoms with E-state index in [0.29, 0.717) is 12.8 Å². The summed E-state index contributed by atoms with van der Waals surface area (Å²) < 4.78 is 24.1. The van der Waals surface area contributed by atoms with Gasteiger partial charge in [-0.15, -0.1) is 0 Å². The number of esters is 1. The van der Waals surface area contributed by atoms with E-state index in [-0.39, 0.29) is 55.4 Å². The van der Waals surface area contributed by atoms with Crippen molar-refractivity contribution in [2.24, 2.45) is 33.7 Å². The Bertz CT molecular complexity index is 2330. The predicted molar refractivity (Wildman–Crippen MR) is 242 cm³/mol. The number of anilines is 1. The van der Waals surface area contributed by atoms with Crippen LogP contribution >= 0.6 is 0 Å². The molecule has 4 aliphatic heterocycles. The van der Waals surface area contributed by atoms with Crippen LogP contribution in [0.4, 0.5) is 5.69 Å². The first kappa shape index (κ1) is 48.6. The third-order valence-corrected chi connectivity index (χ3v) is 13.8. The number of ketones is 1. The van der Waals surface area contributed by atoms with Crippen molar-refractivity contribution >= 4 is 34.1 Å². The van der Waals surface area contributed by atoms with Gasteiger partial charge in [-0.2, -0.15) is 0 Å². The van der Waals surface area contributed by atoms with Gasteiger partial charge in [0, 0.05) is 87.1 Å². The Hall–Kier alpha value is -4.83. The molecule has 5 N–H and O–H groups in total. The molecule has 0 aromatic heterocycles. The summed E-state index contributed by atoms with van der Waals surface area (Å²) in [6, 6.07) is 0. The number of ether oxygens (including phenoxy) is 4. The number of likely N-dealkylation sites (tertiary alicyclic amines) is 1. The van der Waals surface area contributed by atoms with E-state index in [2.05, 4.69) is 17.1 Å². The van der Waals surface area contributed by atoms with E-state index in [1.807, 2.05) is 0 Å². The van der Waals surface area contributed by atoms with E-state index in [1.54, 1.807) is 65.8 Å². The van der Waals surface area contributed by atoms with Crippen molar-refractivity contribution in [3.8, 4) is 17.2 Å². The smallest absolute Gasteiger partial charge is 0.312 e. The molecular formula is C49H68N4O11. The number of phenolic OH excluding ortho intramolecular Hbond substituents is 2. The second-order valence-electron chi connectivity index (χ2n) is 18.5. The van der Waals surface area contributed by atoms with Crippen LogP contribution in [0, 0.1) is 30.6 Å². The van der Waals surface area contributed by atoms with Gasteiger partial charge in [0.2, 0.25) is 0 Å². The Morgan fingerprint density at radius 1 is 0.922 bits per heavy atom. The van der Waals surface area contributed by atoms with Crippen molar-refractivity contribution in [3.05, 3.63) is 58.0 Å². The maximum absolute atomic E-state index is 14.8. The number of piperidine rings is 1. The van der Waals surface area contributed by atoms with Gasteiger partial charge < -0.3 is 49.6 Å². The fourth-order valence-electron chi connectivity index (χ4n) is 9.66. The molecule has 1 fully saturated rings. The number of fused-ring (bicyclic) bond motifs is 1. The van der Waals surface area contributed by atoms with Crippen LogP contribution in [0.15, 0.2) is 46.1 Å². The molecule has 2 aromatic rings. The van der Waals surface area contributed by atoms with Crippen LogP contribution in [0.2, 0.25) is 0 Å². The largest absolute Gasteiger partial charge is 0.507 e. The number of nitrogens with one attached hydrogen (secondary N) is 1. The van der Waals surface area contributed by atoms with Gasteiger partial charge in [-0.1, -0.05) is 78.5 Å². The molecule has 0 unspecified atom stereocenters. The number of amides is 1. The Morgan fingerprint density at radius 3 is 2.25 bits per heavy atom. The number of benzene rings is 2. The zero-order valence-corrected chi connectivity index (χ0v) is 39.1. The number of carbonyl (C=O) groups excluding carboxylic acids is 3. The second kappa shape index (κ2) is 19.7. The van der Waals surface area contributed by atoms with Crippen LogP contribution in [-0.2, 0) is 23.8 Å². The number of methoxy groups -OCH3 is 1. The Balaban J connectivity index is 1.49. The van der Waals surface area contributed by atoms with Crippen molar-refractivity contribution in [1.82, 2.24) is 4.90 Å². The molecule has 350 valence electrons. The number of nitrogens with zero attached hydrogens (tertiary/aromatic N) is 3. The Morgan fingerprint density at radius 2 is 1.59 bits per heavy atom. The summed E-state index contributed by atoms with van der Waals surface area (Å²) in [5.41, 5.74) is -0.542. The molecule has 1 saturated heterocycles. The average molecular weight is 889 g/mol. The van der Waals surface area contributed by atoms with Gasteiger partial charge in [0.1, 0.15) is 28.6 Å². The minimum absolute atomic E-state index is 0.0432. The summed E-state index contributed by atoms with van der Waals surface area (Å²) in [4.78, 5) is 54.0. The van der Waals surface area contributed by atoms with Crippen LogP contribution in [0.25, 0.3) is 10.8 Å². The molecule has 15 heteroatoms. The third kappa shape index (κ3) is 9.45. The molecule has 6 rings (SSSR count). The number of aromatic hydroxyl groups is 2. The lowest BCUT2D eigenvalue weighted by Crippen LogP contribution is -2.46. The lowest BCUT2D eigenvalue weighted by Gasteiger charge is -2.38. The van der Waals surface area contributed by atoms with Crippen molar-refractivity contribution in [2.75, 3.05) is 32.1 Å². The first-order valence-corrected chi connectivity index (χ1v) is 22.9. The van der Waals surface area contributed by atoms with Gasteiger partial charge in [0.05, 0.1) is 40.9 Å². The zero-order valence-electron chi connectivity index (χ0n) is 39.1. The SMILES string of the molecule is CCCCCCCN1CCC2(CC1)N=c1c3c(O)c4c(O)c(C)c5c(c4c1=N2)C(=O)[C@@](C)(O/C=C\[C@H](OC)[C@H](C)[C@H](OC(C)=O)[C@H](C)[C@H](O)[C@H](C)[C@@H](O)[C@@H](C)/C=C\C=C(/C)C(=O)N3)O5. The van der Waals surface area contributed by atoms with Crippen molar-refractivity contribution in [2.45, 2.75) is 143 Å². The monoisotopic (exact) mass is 888 g/mol. The van der Waals surface area contributed by atoms with Crippen molar-refractivity contribution in [3.63, 3.8) is 0 Å². The third-order valence-electron chi connectivity index (χ3n) is 13.8. The van der Waals surface area contributed by atoms with Crippen LogP contribution < -0.4 is 20.8 Å². The summed E-state index contributed by atoms with van der Waals surface area (Å²) >= 11 is 0. The van der Waals surface area contributed by atoms with Crippen molar-refractivity contribution in [1.29, 1.82) is 0 Å². The van der Waals surface area contributed by atoms with Crippen LogP contribution in [0.3, 0.4) is 0 Å². The minimum Gasteiger partial charge on any atom is -0.507 e. The quantitative estimate of drug-likeness (QED) is 0.116. The molecule has 0 saturated carbocycles. The lowest BCUT2D eigenvalue weighted by molar-refractivity contribution is -0.160. The number of unbranched alkanes of at least 4 members (excludes halogenated alkanes) is 4. The van der Waals surface area contributed by atoms with E-state index < -0.39 is 82.9 Å². The standard InChI is InChI=1S/C49H68N4O11/c1-11-12-13-14-15-22-53-23-20-49(21-24-53)51-37-34-35-42(57)31(7)45-36(34)46(59)48(9,64-45)62-25-19-33(61-10)28(4)44(63-32(8)54)30(6)41(56)29(5)40(55)26(2)17-16-18-27(3)47(60)50-39(43(35)58)38(37)52-49/h16-19,25-26,28-30,33,40-41,44,55-58H,11-15,20-24H2,1-10H3,(H,50,60)/b17-16-,25-19-,27-18+/t26-,28-,29+,30+,33-,40-,41+,44-,48-/m0/s1. The molecule has 1 spiro atoms. The highest BCUT2D eigenvalue weighted by Gasteiger charge is 2.50. The number of rotatable bonds is 8. The molecule has 15 nitrogen and oxygen atoms in total. The van der Waals surface area contributed by atoms with Gasteiger partial charge in [-0.25, -0.2) is 0 Å². The Kier molecular flexibility index (Phi) is 15.0. The van der Waals surface area contributed by atoms with Crippen LogP contribution in [0.5, 0.6) is 17.2 Å². The fourth-order valence-corrected chi connectivity index (χ4v) is 9.66. The van der Waals surface area contributed by atoms with Gasteiger partial charge in [-0.3, -0.25) is 24.4 Å². The molecule has 4 bridgehead atoms. The number of Topliss-reactive ketones (excluding diaryl/α,β-unsaturated/α-hetero) is 1. The first-order valence-electron chi connectivity index (χ1n) is 22.9. The topological polar surface area (TPSA) is 209 Å². The zero-order chi connectivity index (χ0) is 46.8. The van der Waals surface area contributed by atoms with Gasteiger partial charge in [0.15, 0.2) is 11.4 Å². The average Bonchev–Trinajstić information content (AvgIpc) is 3.76. The summed E-state index contributed by atoms with van der Waals surface area (Å²) in [6.07, 6.45) is 11.0. The number of carbonyl (C=O) groups is 3. The van der Waals surface area contributed by atoms with Crippen molar-refractivity contribution < 1.29 is 53.8 Å². The van der Waals surface area contributed by atoms with E-state index in [9.17, 15) is 34.8 Å². The normalized spacial score (nSPS) is 31.6. The van der Waals surface area contributed by atoms with Gasteiger partial charge in [-0.05, 0) is 32.9 Å². The molecule has 1 amide bonds. The number of allylic oxidation sites excluding steroid dienone is 2. The molecule has 2 aromatic carbocycles. The van der Waals surface area contributed by atoms with E-state index in [1.165, 1.54) is 52.9 Å². The minimum atomic E-state index is -1.96. The highest BCUT2D eigenvalue weighted by Crippen LogP contribution is 2.50. The molecular weight excluding hydrogens is 821 g/mol. The summed E-state index contributed by atoms with van der Waals surface area (Å²) in [7, 11) is 1.47. The molecule has 4 heterocycles. The first-order chi connectivity index (χ1) is 30.3. The number of phenols is 2. The predicted octanol–water partition coefficient (Wildman–Crippen LogP) is 6.06. The summed E-state index contributed by atoms with van der Waals surface area (Å²) in [5.74, 6) is -6.87. The molecule has 64 heavy (non-hydrogen) atoms. The molecule has 0 radical (unpaired) electrons. The van der Waals surface area contributed by atoms with E-state index in [4.69, 9.17) is 28.9 Å². The lowest BCUT2D eigenvalue weighted by atomic mass is 9.78. The van der Waals surface area contributed by atoms with Crippen LogP contribution in [-0.4, -0.2) is 106 Å². The molecule has 4 aliphatic rings. The maximum atomic E-state index is 14.8. The van der Waals surface area contributed by atoms with Crippen LogP contribution in [0.1, 0.15) is 116 Å². The van der Waals surface area contributed by atoms with Gasteiger partial charge >= 0.3 is 11.8 Å². The second-order valence-corrected chi connectivity index (χ2v) is 18.5. The number of hydrogen-bond donors (Lipinski definition) is 5. The highest BCUT2D eigenvalue weighted by molar-refractivity contribution is 6.19. The molecule has 9 atom stereocenters. The number of hydrogen-bond acceptors (Lipinski definition) is 14. The summed E-state index contributed by atoms with van der Waals surface area (Å²) in [6.45, 7) is 17.5. The molecule has 0 aliphatic carbocycles. The Labute approximate surface area is 375 Å². The van der Waals surface area contributed by atoms with Gasteiger partial charge in [0.25, 0.3) is 11.7 Å². The number of aliphatic hydroxyl groups is 2. The summed E-state index contributed by atoms with van der Waals surface area (Å²) in [5, 5.41) is 50.4. The maximum Gasteiger partial charge on any atom is 0.312 e. The van der Waals surface area contributed by atoms with E-state index in [0.717, 1.165) is 26.1 Å². The highest BCUT2D eigenvalue weighted by atomic mass is 16.7.